The lowest BCUT2D eigenvalue weighted by atomic mass is 10.9. The van der Waals surface area contributed by atoms with Crippen molar-refractivity contribution in [3.05, 3.63) is 0 Å². The minimum Gasteiger partial charge on any atom is -0.358 e. The summed E-state index contributed by atoms with van der Waals surface area (Å²) in [5, 5.41) is 0. The second kappa shape index (κ2) is 5.69. The average Bonchev–Trinajstić information content (AvgIpc) is 2.02. The Morgan fingerprint density at radius 2 is 1.91 bits per heavy atom. The molecule has 0 N–H and O–H groups in total. The maximum absolute atomic E-state index is 11.2. The van der Waals surface area contributed by atoms with Crippen LogP contribution in [0.5, 0.6) is 0 Å². The largest absolute Gasteiger partial charge is 0.476 e. The van der Waals surface area contributed by atoms with Gasteiger partial charge in [0, 0.05) is 14.2 Å². The maximum Gasteiger partial charge on any atom is 0.476 e. The summed E-state index contributed by atoms with van der Waals surface area (Å²) in [6, 6.07) is 0. The Balaban J connectivity index is 3.79. The normalized spacial score (nSPS) is 16.3. The molecule has 0 aliphatic carbocycles. The molecule has 5 nitrogen and oxygen atoms in total. The molecule has 0 aromatic rings. The summed E-state index contributed by atoms with van der Waals surface area (Å²) in [6.45, 7) is 1.86. The highest BCUT2D eigenvalue weighted by molar-refractivity contribution is 7.48. The van der Waals surface area contributed by atoms with E-state index in [-0.39, 0.29) is 13.4 Å². The van der Waals surface area contributed by atoms with Crippen LogP contribution in [0.3, 0.4) is 0 Å². The van der Waals surface area contributed by atoms with Gasteiger partial charge in [0.05, 0.1) is 6.61 Å². The van der Waals surface area contributed by atoms with E-state index >= 15 is 0 Å². The number of phosphoric acid groups is 1. The Morgan fingerprint density at radius 3 is 2.27 bits per heavy atom. The SMILES string of the molecule is CCOP(=O)(OC)OCOC. The van der Waals surface area contributed by atoms with Gasteiger partial charge >= 0.3 is 7.82 Å². The quantitative estimate of drug-likeness (QED) is 0.461. The molecule has 0 rings (SSSR count). The van der Waals surface area contributed by atoms with Crippen molar-refractivity contribution in [3.8, 4) is 0 Å². The molecule has 0 fully saturated rings. The predicted molar refractivity (Wildman–Crippen MR) is 39.2 cm³/mol. The van der Waals surface area contributed by atoms with Crippen molar-refractivity contribution < 1.29 is 22.9 Å². The first kappa shape index (κ1) is 11.1. The van der Waals surface area contributed by atoms with E-state index in [1.54, 1.807) is 6.92 Å². The Hall–Kier alpha value is 0.0700. The van der Waals surface area contributed by atoms with Gasteiger partial charge in [-0.15, -0.1) is 0 Å². The number of rotatable bonds is 6. The Morgan fingerprint density at radius 1 is 1.27 bits per heavy atom. The number of hydrogen-bond donors (Lipinski definition) is 0. The molecule has 0 aromatic carbocycles. The first-order valence-corrected chi connectivity index (χ1v) is 4.58. The maximum atomic E-state index is 11.2. The van der Waals surface area contributed by atoms with Crippen molar-refractivity contribution in [2.45, 2.75) is 6.92 Å². The van der Waals surface area contributed by atoms with Crippen molar-refractivity contribution in [1.82, 2.24) is 0 Å². The molecule has 0 spiro atoms. The number of hydrogen-bond acceptors (Lipinski definition) is 5. The van der Waals surface area contributed by atoms with Gasteiger partial charge in [-0.2, -0.15) is 0 Å². The zero-order valence-electron chi connectivity index (χ0n) is 6.90. The molecule has 11 heavy (non-hydrogen) atoms. The molecule has 0 saturated heterocycles. The van der Waals surface area contributed by atoms with Crippen LogP contribution in [0.2, 0.25) is 0 Å². The van der Waals surface area contributed by atoms with Gasteiger partial charge in [0.15, 0.2) is 6.79 Å². The fourth-order valence-electron chi connectivity index (χ4n) is 0.418. The molecular formula is C5H13O5P. The molecule has 0 heterocycles. The van der Waals surface area contributed by atoms with E-state index in [9.17, 15) is 4.57 Å². The van der Waals surface area contributed by atoms with Crippen LogP contribution < -0.4 is 0 Å². The average molecular weight is 184 g/mol. The van der Waals surface area contributed by atoms with Crippen molar-refractivity contribution >= 4 is 7.82 Å². The summed E-state index contributed by atoms with van der Waals surface area (Å²) >= 11 is 0. The zero-order valence-corrected chi connectivity index (χ0v) is 7.80. The Labute approximate surface area is 66.2 Å². The fourth-order valence-corrected chi connectivity index (χ4v) is 1.25. The minimum atomic E-state index is -3.34. The summed E-state index contributed by atoms with van der Waals surface area (Å²) in [4.78, 5) is 0. The lowest BCUT2D eigenvalue weighted by Gasteiger charge is -2.13. The second-order valence-electron chi connectivity index (χ2n) is 1.58. The van der Waals surface area contributed by atoms with Crippen LogP contribution >= 0.6 is 7.82 Å². The molecule has 0 aliphatic heterocycles. The van der Waals surface area contributed by atoms with E-state index in [0.717, 1.165) is 0 Å². The van der Waals surface area contributed by atoms with Crippen LogP contribution in [0, 0.1) is 0 Å². The van der Waals surface area contributed by atoms with E-state index in [1.807, 2.05) is 0 Å². The van der Waals surface area contributed by atoms with Crippen molar-refractivity contribution in [1.29, 1.82) is 0 Å². The molecule has 68 valence electrons. The molecule has 0 aromatic heterocycles. The highest BCUT2D eigenvalue weighted by Crippen LogP contribution is 2.48. The van der Waals surface area contributed by atoms with Crippen molar-refractivity contribution in [2.24, 2.45) is 0 Å². The van der Waals surface area contributed by atoms with Crippen LogP contribution in [0.15, 0.2) is 0 Å². The van der Waals surface area contributed by atoms with Crippen LogP contribution in [0.1, 0.15) is 6.92 Å². The van der Waals surface area contributed by atoms with E-state index in [1.165, 1.54) is 14.2 Å². The van der Waals surface area contributed by atoms with E-state index < -0.39 is 7.82 Å². The molecule has 0 radical (unpaired) electrons. The van der Waals surface area contributed by atoms with Gasteiger partial charge in [0.2, 0.25) is 0 Å². The fraction of sp³-hybridized carbons (Fsp3) is 1.00. The molecule has 0 saturated carbocycles. The lowest BCUT2D eigenvalue weighted by Crippen LogP contribution is -2.00. The van der Waals surface area contributed by atoms with Gasteiger partial charge < -0.3 is 4.74 Å². The summed E-state index contributed by atoms with van der Waals surface area (Å²) in [5.74, 6) is 0. The monoisotopic (exact) mass is 184 g/mol. The minimum absolute atomic E-state index is 0.106. The molecule has 1 atom stereocenters. The molecule has 0 amide bonds. The van der Waals surface area contributed by atoms with Crippen molar-refractivity contribution in [2.75, 3.05) is 27.6 Å². The van der Waals surface area contributed by atoms with Crippen LogP contribution in [0.4, 0.5) is 0 Å². The highest BCUT2D eigenvalue weighted by atomic mass is 31.2. The number of phosphoric ester groups is 1. The number of methoxy groups -OCH3 is 1. The third kappa shape index (κ3) is 4.50. The van der Waals surface area contributed by atoms with Gasteiger partial charge in [-0.3, -0.25) is 13.6 Å². The third-order valence-corrected chi connectivity index (χ3v) is 2.28. The number of ether oxygens (including phenoxy) is 1. The first-order valence-electron chi connectivity index (χ1n) is 3.12. The molecule has 0 bridgehead atoms. The van der Waals surface area contributed by atoms with Gasteiger partial charge in [-0.1, -0.05) is 0 Å². The van der Waals surface area contributed by atoms with E-state index in [4.69, 9.17) is 4.52 Å². The van der Waals surface area contributed by atoms with Gasteiger partial charge in [0.1, 0.15) is 0 Å². The van der Waals surface area contributed by atoms with E-state index in [2.05, 4.69) is 13.8 Å². The first-order chi connectivity index (χ1) is 5.18. The van der Waals surface area contributed by atoms with Gasteiger partial charge in [0.25, 0.3) is 0 Å². The summed E-state index contributed by atoms with van der Waals surface area (Å²) in [7, 11) is -0.663. The highest BCUT2D eigenvalue weighted by Gasteiger charge is 2.23. The molecule has 0 aliphatic rings. The van der Waals surface area contributed by atoms with Gasteiger partial charge in [-0.05, 0) is 6.92 Å². The smallest absolute Gasteiger partial charge is 0.358 e. The van der Waals surface area contributed by atoms with Gasteiger partial charge in [-0.25, -0.2) is 4.57 Å². The lowest BCUT2D eigenvalue weighted by molar-refractivity contribution is 0.0157. The second-order valence-corrected chi connectivity index (χ2v) is 3.36. The van der Waals surface area contributed by atoms with Crippen LogP contribution in [-0.4, -0.2) is 27.6 Å². The predicted octanol–water partition coefficient (Wildman–Crippen LogP) is 1.40. The summed E-state index contributed by atoms with van der Waals surface area (Å²) < 4.78 is 29.6. The standard InChI is InChI=1S/C5H13O5P/c1-4-9-11(6,8-3)10-5-7-2/h4-5H2,1-3H3. The molecule has 6 heteroatoms. The van der Waals surface area contributed by atoms with E-state index in [0.29, 0.717) is 0 Å². The topological polar surface area (TPSA) is 54.0 Å². The Kier molecular flexibility index (Phi) is 5.72. The zero-order chi connectivity index (χ0) is 8.74. The van der Waals surface area contributed by atoms with Crippen LogP contribution in [0.25, 0.3) is 0 Å². The van der Waals surface area contributed by atoms with Crippen molar-refractivity contribution in [3.63, 3.8) is 0 Å². The molecular weight excluding hydrogens is 171 g/mol. The third-order valence-electron chi connectivity index (χ3n) is 0.839. The Bertz CT molecular complexity index is 137. The van der Waals surface area contributed by atoms with Crippen LogP contribution in [-0.2, 0) is 22.9 Å². The molecule has 1 unspecified atom stereocenters. The summed E-state index contributed by atoms with van der Waals surface area (Å²) in [5.41, 5.74) is 0. The summed E-state index contributed by atoms with van der Waals surface area (Å²) in [6.07, 6.45) is 0.